The summed E-state index contributed by atoms with van der Waals surface area (Å²) in [6.07, 6.45) is 0.466. The summed E-state index contributed by atoms with van der Waals surface area (Å²) in [5, 5.41) is 10.9. The van der Waals surface area contributed by atoms with Crippen molar-refractivity contribution in [2.45, 2.75) is 20.3 Å². The quantitative estimate of drug-likeness (QED) is 0.621. The molecule has 1 heterocycles. The van der Waals surface area contributed by atoms with Gasteiger partial charge >= 0.3 is 0 Å². The van der Waals surface area contributed by atoms with Crippen LogP contribution < -0.4 is 0 Å². The fourth-order valence-electron chi connectivity index (χ4n) is 1.88. The van der Waals surface area contributed by atoms with E-state index >= 15 is 0 Å². The van der Waals surface area contributed by atoms with E-state index in [1.165, 1.54) is 11.3 Å². The number of hydrogen-bond donors (Lipinski definition) is 0. The van der Waals surface area contributed by atoms with Crippen LogP contribution in [0.2, 0.25) is 5.02 Å². The van der Waals surface area contributed by atoms with Crippen molar-refractivity contribution in [3.05, 3.63) is 49.5 Å². The fourth-order valence-corrected chi connectivity index (χ4v) is 3.42. The summed E-state index contributed by atoms with van der Waals surface area (Å²) in [5.74, 6) is 0. The third-order valence-corrected chi connectivity index (χ3v) is 4.40. The molecule has 1 aromatic heterocycles. The van der Waals surface area contributed by atoms with Crippen LogP contribution in [0.4, 0.5) is 0 Å². The summed E-state index contributed by atoms with van der Waals surface area (Å²) in [7, 11) is 0. The van der Waals surface area contributed by atoms with E-state index in [1.807, 2.05) is 32.0 Å². The molecule has 0 saturated carbocycles. The molecule has 0 aliphatic carbocycles. The predicted octanol–water partition coefficient (Wildman–Crippen LogP) is 3.83. The number of thiazole rings is 1. The third kappa shape index (κ3) is 3.26. The van der Waals surface area contributed by atoms with E-state index in [4.69, 9.17) is 11.6 Å². The molecule has 0 atom stereocenters. The first kappa shape index (κ1) is 14.7. The molecule has 7 heteroatoms. The lowest BCUT2D eigenvalue weighted by atomic mass is 10.1. The van der Waals surface area contributed by atoms with E-state index in [2.05, 4.69) is 9.82 Å². The Kier molecular flexibility index (Phi) is 4.57. The van der Waals surface area contributed by atoms with Gasteiger partial charge in [0.2, 0.25) is 0 Å². The van der Waals surface area contributed by atoms with Gasteiger partial charge in [0.1, 0.15) is 11.6 Å². The van der Waals surface area contributed by atoms with Gasteiger partial charge in [0, 0.05) is 16.9 Å². The molecular weight excluding hydrogens is 300 g/mol. The van der Waals surface area contributed by atoms with Gasteiger partial charge in [-0.1, -0.05) is 23.7 Å². The highest BCUT2D eigenvalue weighted by Crippen LogP contribution is 2.35. The summed E-state index contributed by atoms with van der Waals surface area (Å²) in [6, 6.07) is 5.71. The smallest absolute Gasteiger partial charge is 0.294 e. The molecule has 0 amide bonds. The van der Waals surface area contributed by atoms with Crippen molar-refractivity contribution in [2.75, 3.05) is 6.61 Å². The maximum absolute atomic E-state index is 10.1. The fraction of sp³-hybridized carbons (Fsp3) is 0.308. The number of aromatic nitrogens is 1. The monoisotopic (exact) mass is 312 g/mol. The van der Waals surface area contributed by atoms with Gasteiger partial charge < -0.3 is 4.84 Å². The molecule has 2 aromatic rings. The highest BCUT2D eigenvalue weighted by molar-refractivity contribution is 7.15. The van der Waals surface area contributed by atoms with Crippen molar-refractivity contribution in [1.29, 1.82) is 0 Å². The number of benzene rings is 1. The van der Waals surface area contributed by atoms with E-state index in [1.54, 1.807) is 0 Å². The predicted molar refractivity (Wildman–Crippen MR) is 78.7 cm³/mol. The summed E-state index contributed by atoms with van der Waals surface area (Å²) in [6.45, 7) is 3.90. The van der Waals surface area contributed by atoms with Gasteiger partial charge in [-0.05, 0) is 25.5 Å². The Morgan fingerprint density at radius 1 is 1.45 bits per heavy atom. The van der Waals surface area contributed by atoms with Gasteiger partial charge in [0.15, 0.2) is 0 Å². The van der Waals surface area contributed by atoms with Crippen LogP contribution in [-0.2, 0) is 11.3 Å². The molecule has 0 aliphatic rings. The van der Waals surface area contributed by atoms with Crippen LogP contribution in [0.3, 0.4) is 0 Å². The lowest BCUT2D eigenvalue weighted by Crippen LogP contribution is -2.04. The molecule has 0 radical (unpaired) electrons. The lowest BCUT2D eigenvalue weighted by Gasteiger charge is -2.03. The van der Waals surface area contributed by atoms with Crippen LogP contribution in [0.5, 0.6) is 0 Å². The highest BCUT2D eigenvalue weighted by atomic mass is 35.5. The standard InChI is InChI=1S/C13H13ClN2O3S/c1-8-4-3-5-10(14)12(8)13-15-9(2)11(20-13)6-7-19-16(17)18/h3-5H,6-7H2,1-2H3. The molecule has 0 spiro atoms. The molecule has 0 N–H and O–H groups in total. The van der Waals surface area contributed by atoms with Gasteiger partial charge in [-0.2, -0.15) is 0 Å². The van der Waals surface area contributed by atoms with E-state index in [0.717, 1.165) is 26.7 Å². The largest absolute Gasteiger partial charge is 0.314 e. The number of rotatable bonds is 5. The molecule has 5 nitrogen and oxygen atoms in total. The first-order valence-electron chi connectivity index (χ1n) is 5.98. The molecule has 0 saturated heterocycles. The number of hydrogen-bond acceptors (Lipinski definition) is 5. The maximum Gasteiger partial charge on any atom is 0.294 e. The van der Waals surface area contributed by atoms with Crippen molar-refractivity contribution >= 4 is 22.9 Å². The normalized spacial score (nSPS) is 10.6. The Hall–Kier alpha value is -1.66. The summed E-state index contributed by atoms with van der Waals surface area (Å²) < 4.78 is 0. The Morgan fingerprint density at radius 3 is 2.85 bits per heavy atom. The van der Waals surface area contributed by atoms with Crippen molar-refractivity contribution in [3.8, 4) is 10.6 Å². The Bertz CT molecular complexity index is 622. The molecule has 20 heavy (non-hydrogen) atoms. The minimum Gasteiger partial charge on any atom is -0.314 e. The second-order valence-corrected chi connectivity index (χ2v) is 5.76. The average Bonchev–Trinajstić information content (AvgIpc) is 2.70. The number of aryl methyl sites for hydroxylation is 2. The van der Waals surface area contributed by atoms with Crippen molar-refractivity contribution in [3.63, 3.8) is 0 Å². The van der Waals surface area contributed by atoms with E-state index in [0.29, 0.717) is 11.4 Å². The minimum absolute atomic E-state index is 0.0387. The molecule has 0 unspecified atom stereocenters. The van der Waals surface area contributed by atoms with Crippen LogP contribution in [0, 0.1) is 24.0 Å². The molecule has 2 rings (SSSR count). The average molecular weight is 313 g/mol. The Morgan fingerprint density at radius 2 is 2.20 bits per heavy atom. The van der Waals surface area contributed by atoms with Crippen molar-refractivity contribution < 1.29 is 9.92 Å². The number of halogens is 1. The van der Waals surface area contributed by atoms with Crippen LogP contribution in [0.25, 0.3) is 10.6 Å². The topological polar surface area (TPSA) is 65.3 Å². The van der Waals surface area contributed by atoms with Crippen LogP contribution >= 0.6 is 22.9 Å². The van der Waals surface area contributed by atoms with Crippen molar-refractivity contribution in [1.82, 2.24) is 4.98 Å². The summed E-state index contributed by atoms with van der Waals surface area (Å²) in [4.78, 5) is 20.0. The lowest BCUT2D eigenvalue weighted by molar-refractivity contribution is -0.757. The van der Waals surface area contributed by atoms with Gasteiger partial charge in [-0.15, -0.1) is 21.5 Å². The molecule has 106 valence electrons. The zero-order chi connectivity index (χ0) is 14.7. The summed E-state index contributed by atoms with van der Waals surface area (Å²) in [5.41, 5.74) is 2.83. The van der Waals surface area contributed by atoms with Gasteiger partial charge in [0.25, 0.3) is 5.09 Å². The Balaban J connectivity index is 2.25. The molecule has 0 aliphatic heterocycles. The Labute approximate surface area is 125 Å². The maximum atomic E-state index is 10.1. The van der Waals surface area contributed by atoms with Gasteiger partial charge in [-0.25, -0.2) is 4.98 Å². The second kappa shape index (κ2) is 6.19. The number of nitrogens with zero attached hydrogens (tertiary/aromatic N) is 2. The molecule has 1 aromatic carbocycles. The molecule has 0 bridgehead atoms. The van der Waals surface area contributed by atoms with Gasteiger partial charge in [0.05, 0.1) is 10.7 Å². The zero-order valence-electron chi connectivity index (χ0n) is 11.1. The molecular formula is C13H13ClN2O3S. The van der Waals surface area contributed by atoms with Crippen LogP contribution in [-0.4, -0.2) is 16.7 Å². The van der Waals surface area contributed by atoms with E-state index < -0.39 is 5.09 Å². The van der Waals surface area contributed by atoms with E-state index in [9.17, 15) is 10.1 Å². The zero-order valence-corrected chi connectivity index (χ0v) is 12.6. The SMILES string of the molecule is Cc1cccc(Cl)c1-c1nc(C)c(CCO[N+](=O)[O-])s1. The second-order valence-electron chi connectivity index (χ2n) is 4.27. The molecule has 0 fully saturated rings. The first-order valence-corrected chi connectivity index (χ1v) is 7.17. The summed E-state index contributed by atoms with van der Waals surface area (Å²) >= 11 is 7.72. The van der Waals surface area contributed by atoms with E-state index in [-0.39, 0.29) is 6.61 Å². The minimum atomic E-state index is -0.782. The van der Waals surface area contributed by atoms with Crippen LogP contribution in [0.1, 0.15) is 16.1 Å². The highest BCUT2D eigenvalue weighted by Gasteiger charge is 2.14. The first-order chi connectivity index (χ1) is 9.49. The van der Waals surface area contributed by atoms with Crippen molar-refractivity contribution in [2.24, 2.45) is 0 Å². The van der Waals surface area contributed by atoms with Crippen LogP contribution in [0.15, 0.2) is 18.2 Å². The van der Waals surface area contributed by atoms with Gasteiger partial charge in [-0.3, -0.25) is 0 Å². The third-order valence-electron chi connectivity index (χ3n) is 2.85.